The number of likely N-dealkylation sites (tertiary alicyclic amines) is 1. The minimum atomic E-state index is 0.280. The third-order valence-corrected chi connectivity index (χ3v) is 4.43. The number of hydrogen-bond donors (Lipinski definition) is 0. The molecule has 0 N–H and O–H groups in total. The molecule has 18 heavy (non-hydrogen) atoms. The van der Waals surface area contributed by atoms with Gasteiger partial charge >= 0.3 is 0 Å². The molecule has 0 spiro atoms. The Labute approximate surface area is 121 Å². The standard InChI is InChI=1S/C15H28BrNO/c1-3-6-14(7-4-2)15(18)17-11-5-8-13(12-17)9-10-16/h13-14H,3-12H2,1-2H3. The molecule has 1 rings (SSSR count). The van der Waals surface area contributed by atoms with E-state index in [-0.39, 0.29) is 5.92 Å². The van der Waals surface area contributed by atoms with Gasteiger partial charge in [-0.1, -0.05) is 42.6 Å². The topological polar surface area (TPSA) is 20.3 Å². The summed E-state index contributed by atoms with van der Waals surface area (Å²) in [5, 5.41) is 1.06. The number of alkyl halides is 1. The van der Waals surface area contributed by atoms with Crippen molar-refractivity contribution < 1.29 is 4.79 Å². The summed E-state index contributed by atoms with van der Waals surface area (Å²) in [6.07, 6.45) is 8.05. The number of halogens is 1. The van der Waals surface area contributed by atoms with Crippen LogP contribution >= 0.6 is 15.9 Å². The smallest absolute Gasteiger partial charge is 0.225 e. The fourth-order valence-electron chi connectivity index (χ4n) is 3.00. The van der Waals surface area contributed by atoms with Gasteiger partial charge in [0.2, 0.25) is 5.91 Å². The maximum absolute atomic E-state index is 12.5. The van der Waals surface area contributed by atoms with Gasteiger partial charge in [0.05, 0.1) is 0 Å². The summed E-state index contributed by atoms with van der Waals surface area (Å²) in [4.78, 5) is 14.7. The van der Waals surface area contributed by atoms with Crippen molar-refractivity contribution in [3.63, 3.8) is 0 Å². The lowest BCUT2D eigenvalue weighted by Gasteiger charge is -2.35. The highest BCUT2D eigenvalue weighted by Gasteiger charge is 2.27. The molecule has 0 aromatic heterocycles. The quantitative estimate of drug-likeness (QED) is 0.643. The van der Waals surface area contributed by atoms with Gasteiger partial charge in [-0.15, -0.1) is 0 Å². The van der Waals surface area contributed by atoms with Crippen molar-refractivity contribution in [2.45, 2.75) is 58.8 Å². The van der Waals surface area contributed by atoms with Gasteiger partial charge in [-0.2, -0.15) is 0 Å². The molecule has 0 aromatic carbocycles. The summed E-state index contributed by atoms with van der Waals surface area (Å²) < 4.78 is 0. The van der Waals surface area contributed by atoms with Crippen molar-refractivity contribution in [3.05, 3.63) is 0 Å². The van der Waals surface area contributed by atoms with Crippen LogP contribution in [0.5, 0.6) is 0 Å². The summed E-state index contributed by atoms with van der Waals surface area (Å²) in [6, 6.07) is 0. The lowest BCUT2D eigenvalue weighted by Crippen LogP contribution is -2.43. The normalized spacial score (nSPS) is 20.4. The number of hydrogen-bond acceptors (Lipinski definition) is 1. The fourth-order valence-corrected chi connectivity index (χ4v) is 3.65. The predicted octanol–water partition coefficient (Wildman–Crippen LogP) is 4.23. The third kappa shape index (κ3) is 4.91. The van der Waals surface area contributed by atoms with E-state index in [1.165, 1.54) is 19.3 Å². The molecule has 2 nitrogen and oxygen atoms in total. The van der Waals surface area contributed by atoms with Crippen molar-refractivity contribution in [1.29, 1.82) is 0 Å². The average molecular weight is 318 g/mol. The summed E-state index contributed by atoms with van der Waals surface area (Å²) in [7, 11) is 0. The van der Waals surface area contributed by atoms with E-state index >= 15 is 0 Å². The Morgan fingerprint density at radius 3 is 2.56 bits per heavy atom. The molecular formula is C15H28BrNO. The Hall–Kier alpha value is -0.0500. The first-order valence-electron chi connectivity index (χ1n) is 7.57. The van der Waals surface area contributed by atoms with Crippen LogP contribution in [0.15, 0.2) is 0 Å². The predicted molar refractivity (Wildman–Crippen MR) is 81.0 cm³/mol. The summed E-state index contributed by atoms with van der Waals surface area (Å²) in [5.41, 5.74) is 0. The third-order valence-electron chi connectivity index (χ3n) is 3.97. The molecule has 1 atom stereocenters. The van der Waals surface area contributed by atoms with Crippen LogP contribution in [0, 0.1) is 11.8 Å². The minimum absolute atomic E-state index is 0.280. The molecule has 0 aromatic rings. The highest BCUT2D eigenvalue weighted by Crippen LogP contribution is 2.24. The van der Waals surface area contributed by atoms with Crippen LogP contribution < -0.4 is 0 Å². The molecule has 0 radical (unpaired) electrons. The molecule has 0 bridgehead atoms. The number of nitrogens with zero attached hydrogens (tertiary/aromatic N) is 1. The number of rotatable bonds is 7. The molecular weight excluding hydrogens is 290 g/mol. The molecule has 0 aliphatic carbocycles. The van der Waals surface area contributed by atoms with Gasteiger partial charge in [0.25, 0.3) is 0 Å². The molecule has 3 heteroatoms. The van der Waals surface area contributed by atoms with Crippen LogP contribution in [0.1, 0.15) is 58.8 Å². The van der Waals surface area contributed by atoms with E-state index in [1.54, 1.807) is 0 Å². The van der Waals surface area contributed by atoms with Crippen molar-refractivity contribution in [3.8, 4) is 0 Å². The van der Waals surface area contributed by atoms with Crippen LogP contribution in [-0.4, -0.2) is 29.2 Å². The average Bonchev–Trinajstić information content (AvgIpc) is 2.38. The zero-order valence-corrected chi connectivity index (χ0v) is 13.5. The molecule has 106 valence electrons. The number of amides is 1. The molecule has 1 unspecified atom stereocenters. The highest BCUT2D eigenvalue weighted by molar-refractivity contribution is 9.09. The largest absolute Gasteiger partial charge is 0.342 e. The number of carbonyl (C=O) groups is 1. The Balaban J connectivity index is 2.52. The molecule has 1 amide bonds. The molecule has 1 saturated heterocycles. The summed E-state index contributed by atoms with van der Waals surface area (Å²) >= 11 is 3.52. The Bertz CT molecular complexity index is 237. The maximum Gasteiger partial charge on any atom is 0.225 e. The van der Waals surface area contributed by atoms with Crippen LogP contribution in [0.3, 0.4) is 0 Å². The van der Waals surface area contributed by atoms with Gasteiger partial charge in [-0.3, -0.25) is 4.79 Å². The summed E-state index contributed by atoms with van der Waals surface area (Å²) in [5.74, 6) is 1.42. The molecule has 0 saturated carbocycles. The van der Waals surface area contributed by atoms with E-state index in [1.807, 2.05) is 0 Å². The zero-order chi connectivity index (χ0) is 13.4. The Morgan fingerprint density at radius 2 is 2.00 bits per heavy atom. The first kappa shape index (κ1) is 16.0. The monoisotopic (exact) mass is 317 g/mol. The van der Waals surface area contributed by atoms with Crippen LogP contribution in [-0.2, 0) is 4.79 Å². The lowest BCUT2D eigenvalue weighted by molar-refractivity contribution is -0.137. The van der Waals surface area contributed by atoms with Crippen LogP contribution in [0.25, 0.3) is 0 Å². The van der Waals surface area contributed by atoms with Crippen molar-refractivity contribution in [2.24, 2.45) is 11.8 Å². The maximum atomic E-state index is 12.5. The Kier molecular flexibility index (Phi) is 7.96. The fraction of sp³-hybridized carbons (Fsp3) is 0.933. The minimum Gasteiger partial charge on any atom is -0.342 e. The van der Waals surface area contributed by atoms with E-state index in [2.05, 4.69) is 34.7 Å². The van der Waals surface area contributed by atoms with Gasteiger partial charge in [0.1, 0.15) is 0 Å². The molecule has 1 heterocycles. The second-order valence-corrected chi connectivity index (χ2v) is 6.34. The molecule has 1 fully saturated rings. The van der Waals surface area contributed by atoms with Gasteiger partial charge in [0, 0.05) is 24.3 Å². The van der Waals surface area contributed by atoms with Gasteiger partial charge in [-0.25, -0.2) is 0 Å². The SMILES string of the molecule is CCCC(CCC)C(=O)N1CCCC(CCBr)C1. The van der Waals surface area contributed by atoms with E-state index in [0.29, 0.717) is 11.8 Å². The van der Waals surface area contributed by atoms with E-state index in [4.69, 9.17) is 0 Å². The van der Waals surface area contributed by atoms with Crippen LogP contribution in [0.4, 0.5) is 0 Å². The van der Waals surface area contributed by atoms with Crippen molar-refractivity contribution in [1.82, 2.24) is 4.90 Å². The molecule has 1 aliphatic heterocycles. The van der Waals surface area contributed by atoms with Gasteiger partial charge in [-0.05, 0) is 38.0 Å². The van der Waals surface area contributed by atoms with Crippen LogP contribution in [0.2, 0.25) is 0 Å². The first-order valence-corrected chi connectivity index (χ1v) is 8.69. The number of piperidine rings is 1. The molecule has 1 aliphatic rings. The van der Waals surface area contributed by atoms with Crippen molar-refractivity contribution in [2.75, 3.05) is 18.4 Å². The van der Waals surface area contributed by atoms with E-state index in [9.17, 15) is 4.79 Å². The second kappa shape index (κ2) is 8.95. The van der Waals surface area contributed by atoms with E-state index in [0.717, 1.165) is 44.1 Å². The summed E-state index contributed by atoms with van der Waals surface area (Å²) in [6.45, 7) is 6.34. The van der Waals surface area contributed by atoms with Gasteiger partial charge in [0.15, 0.2) is 0 Å². The first-order chi connectivity index (χ1) is 8.72. The lowest BCUT2D eigenvalue weighted by atomic mass is 9.92. The Morgan fingerprint density at radius 1 is 1.33 bits per heavy atom. The second-order valence-electron chi connectivity index (χ2n) is 5.54. The van der Waals surface area contributed by atoms with E-state index < -0.39 is 0 Å². The van der Waals surface area contributed by atoms with Gasteiger partial charge < -0.3 is 4.90 Å². The zero-order valence-electron chi connectivity index (χ0n) is 12.0. The highest BCUT2D eigenvalue weighted by atomic mass is 79.9. The number of carbonyl (C=O) groups excluding carboxylic acids is 1. The van der Waals surface area contributed by atoms with Crippen molar-refractivity contribution >= 4 is 21.8 Å².